The molecule has 2 fully saturated rings. The molecule has 6 nitrogen and oxygen atoms in total. The second-order valence-corrected chi connectivity index (χ2v) is 6.52. The van der Waals surface area contributed by atoms with Crippen LogP contribution >= 0.6 is 0 Å². The number of carbonyl (C=O) groups excluding carboxylic acids is 2. The minimum atomic E-state index is -0.105. The zero-order chi connectivity index (χ0) is 17.2. The quantitative estimate of drug-likeness (QED) is 0.908. The van der Waals surface area contributed by atoms with Gasteiger partial charge in [-0.2, -0.15) is 0 Å². The molecule has 1 aliphatic carbocycles. The first kappa shape index (κ1) is 15.7. The molecule has 6 heteroatoms. The number of benzene rings is 1. The van der Waals surface area contributed by atoms with Gasteiger partial charge in [-0.3, -0.25) is 9.59 Å². The van der Waals surface area contributed by atoms with Crippen LogP contribution in [0.5, 0.6) is 0 Å². The maximum atomic E-state index is 12.9. The van der Waals surface area contributed by atoms with E-state index in [1.54, 1.807) is 17.2 Å². The third-order valence-electron chi connectivity index (χ3n) is 4.72. The Hall–Kier alpha value is -2.76. The summed E-state index contributed by atoms with van der Waals surface area (Å²) < 4.78 is 5.32. The number of piperazine rings is 1. The van der Waals surface area contributed by atoms with E-state index in [2.05, 4.69) is 5.32 Å². The van der Waals surface area contributed by atoms with E-state index in [4.69, 9.17) is 4.42 Å². The molecule has 1 aliphatic heterocycles. The normalized spacial score (nSPS) is 17.7. The Bertz CT molecular complexity index is 768. The highest BCUT2D eigenvalue weighted by molar-refractivity contribution is 6.01. The van der Waals surface area contributed by atoms with Gasteiger partial charge >= 0.3 is 0 Å². The minimum absolute atomic E-state index is 0.0584. The summed E-state index contributed by atoms with van der Waals surface area (Å²) in [6.45, 7) is 1.90. The van der Waals surface area contributed by atoms with E-state index in [1.807, 2.05) is 35.2 Å². The van der Waals surface area contributed by atoms with E-state index in [1.165, 1.54) is 0 Å². The summed E-state index contributed by atoms with van der Waals surface area (Å²) in [7, 11) is 0. The summed E-state index contributed by atoms with van der Waals surface area (Å²) >= 11 is 0. The second kappa shape index (κ2) is 6.63. The summed E-state index contributed by atoms with van der Waals surface area (Å²) in [5.41, 5.74) is 1.34. The van der Waals surface area contributed by atoms with Crippen LogP contribution < -0.4 is 5.32 Å². The first-order valence-electron chi connectivity index (χ1n) is 8.66. The highest BCUT2D eigenvalue weighted by Gasteiger charge is 2.37. The molecular formula is C19H21N3O3. The molecule has 1 saturated heterocycles. The largest absolute Gasteiger partial charge is 0.467 e. The Kier molecular flexibility index (Phi) is 4.17. The predicted molar refractivity (Wildman–Crippen MR) is 93.1 cm³/mol. The molecule has 1 N–H and O–H groups in total. The van der Waals surface area contributed by atoms with Crippen LogP contribution in [0.4, 0.5) is 5.69 Å². The number of para-hydroxylation sites is 1. The zero-order valence-corrected chi connectivity index (χ0v) is 14.0. The lowest BCUT2D eigenvalue weighted by atomic mass is 10.1. The summed E-state index contributed by atoms with van der Waals surface area (Å²) in [5, 5.41) is 3.25. The van der Waals surface area contributed by atoms with E-state index in [0.717, 1.165) is 24.3 Å². The topological polar surface area (TPSA) is 65.8 Å². The van der Waals surface area contributed by atoms with Gasteiger partial charge in [-0.1, -0.05) is 12.1 Å². The molecule has 2 aliphatic rings. The van der Waals surface area contributed by atoms with Crippen molar-refractivity contribution in [1.29, 1.82) is 0 Å². The van der Waals surface area contributed by atoms with Crippen molar-refractivity contribution in [2.75, 3.05) is 25.0 Å². The van der Waals surface area contributed by atoms with Gasteiger partial charge in [-0.15, -0.1) is 0 Å². The Morgan fingerprint density at radius 3 is 2.72 bits per heavy atom. The van der Waals surface area contributed by atoms with Crippen molar-refractivity contribution in [3.63, 3.8) is 0 Å². The minimum Gasteiger partial charge on any atom is -0.467 e. The fourth-order valence-electron chi connectivity index (χ4n) is 3.22. The Morgan fingerprint density at radius 1 is 1.16 bits per heavy atom. The average Bonchev–Trinajstić information content (AvgIpc) is 3.34. The third-order valence-corrected chi connectivity index (χ3v) is 4.72. The first-order chi connectivity index (χ1) is 12.2. The van der Waals surface area contributed by atoms with Gasteiger partial charge < -0.3 is 19.5 Å². The van der Waals surface area contributed by atoms with Crippen LogP contribution in [0.15, 0.2) is 47.1 Å². The van der Waals surface area contributed by atoms with Crippen molar-refractivity contribution in [3.05, 3.63) is 54.0 Å². The van der Waals surface area contributed by atoms with E-state index in [-0.39, 0.29) is 18.4 Å². The lowest BCUT2D eigenvalue weighted by Gasteiger charge is -2.34. The van der Waals surface area contributed by atoms with Crippen molar-refractivity contribution >= 4 is 17.5 Å². The number of rotatable bonds is 5. The molecule has 1 saturated carbocycles. The highest BCUT2D eigenvalue weighted by atomic mass is 16.3. The number of nitrogens with one attached hydrogen (secondary N) is 1. The van der Waals surface area contributed by atoms with Crippen LogP contribution in [-0.2, 0) is 11.3 Å². The number of amides is 2. The van der Waals surface area contributed by atoms with E-state index in [0.29, 0.717) is 31.2 Å². The molecule has 0 radical (unpaired) electrons. The molecule has 0 bridgehead atoms. The predicted octanol–water partition coefficient (Wildman–Crippen LogP) is 2.34. The van der Waals surface area contributed by atoms with Crippen molar-refractivity contribution in [1.82, 2.24) is 9.80 Å². The number of furan rings is 1. The molecule has 2 amide bonds. The zero-order valence-electron chi connectivity index (χ0n) is 14.0. The monoisotopic (exact) mass is 339 g/mol. The summed E-state index contributed by atoms with van der Waals surface area (Å²) in [6, 6.07) is 11.5. The number of anilines is 1. The molecule has 4 rings (SSSR count). The number of carbonyl (C=O) groups is 2. The number of hydrogen-bond donors (Lipinski definition) is 1. The van der Waals surface area contributed by atoms with Gasteiger partial charge in [-0.25, -0.2) is 0 Å². The highest BCUT2D eigenvalue weighted by Crippen LogP contribution is 2.28. The Balaban J connectivity index is 1.45. The van der Waals surface area contributed by atoms with Gasteiger partial charge in [0.05, 0.1) is 18.4 Å². The fourth-order valence-corrected chi connectivity index (χ4v) is 3.22. The van der Waals surface area contributed by atoms with Crippen LogP contribution in [0.3, 0.4) is 0 Å². The molecule has 1 aromatic carbocycles. The Labute approximate surface area is 146 Å². The lowest BCUT2D eigenvalue weighted by Crippen LogP contribution is -2.53. The van der Waals surface area contributed by atoms with Crippen molar-refractivity contribution in [2.45, 2.75) is 25.4 Å². The van der Waals surface area contributed by atoms with Crippen molar-refractivity contribution < 1.29 is 14.0 Å². The van der Waals surface area contributed by atoms with Gasteiger partial charge in [0.2, 0.25) is 5.91 Å². The molecule has 2 heterocycles. The first-order valence-corrected chi connectivity index (χ1v) is 8.66. The van der Waals surface area contributed by atoms with Crippen LogP contribution in [0.25, 0.3) is 0 Å². The van der Waals surface area contributed by atoms with E-state index in [9.17, 15) is 9.59 Å². The van der Waals surface area contributed by atoms with Gasteiger partial charge in [0, 0.05) is 24.8 Å². The molecule has 0 unspecified atom stereocenters. The molecule has 0 spiro atoms. The smallest absolute Gasteiger partial charge is 0.256 e. The van der Waals surface area contributed by atoms with E-state index < -0.39 is 0 Å². The molecule has 1 aromatic heterocycles. The van der Waals surface area contributed by atoms with Crippen molar-refractivity contribution in [3.8, 4) is 0 Å². The van der Waals surface area contributed by atoms with Crippen molar-refractivity contribution in [2.24, 2.45) is 0 Å². The molecule has 0 atom stereocenters. The van der Waals surface area contributed by atoms with Crippen LogP contribution in [-0.4, -0.2) is 47.3 Å². The second-order valence-electron chi connectivity index (χ2n) is 6.52. The summed E-state index contributed by atoms with van der Waals surface area (Å²) in [5.74, 6) is 0.755. The van der Waals surface area contributed by atoms with Gasteiger partial charge in [-0.05, 0) is 37.1 Å². The lowest BCUT2D eigenvalue weighted by molar-refractivity contribution is -0.135. The van der Waals surface area contributed by atoms with Gasteiger partial charge in [0.25, 0.3) is 5.91 Å². The van der Waals surface area contributed by atoms with E-state index >= 15 is 0 Å². The summed E-state index contributed by atoms with van der Waals surface area (Å²) in [6.07, 6.45) is 3.82. The Morgan fingerprint density at radius 2 is 2.00 bits per heavy atom. The molecule has 25 heavy (non-hydrogen) atoms. The van der Waals surface area contributed by atoms with Crippen LogP contribution in [0, 0.1) is 0 Å². The molecule has 2 aromatic rings. The SMILES string of the molecule is O=C(c1ccccc1NCc1ccco1)N1CCN(C2CC2)C(=O)C1. The van der Waals surface area contributed by atoms with Gasteiger partial charge in [0.1, 0.15) is 12.3 Å². The number of nitrogens with zero attached hydrogens (tertiary/aromatic N) is 2. The van der Waals surface area contributed by atoms with Crippen LogP contribution in [0.1, 0.15) is 29.0 Å². The maximum absolute atomic E-state index is 12.9. The molecular weight excluding hydrogens is 318 g/mol. The van der Waals surface area contributed by atoms with Gasteiger partial charge in [0.15, 0.2) is 0 Å². The average molecular weight is 339 g/mol. The van der Waals surface area contributed by atoms with Crippen LogP contribution in [0.2, 0.25) is 0 Å². The summed E-state index contributed by atoms with van der Waals surface area (Å²) in [4.78, 5) is 28.8. The fraction of sp³-hybridized carbons (Fsp3) is 0.368. The third kappa shape index (κ3) is 3.38. The molecule has 130 valence electrons. The maximum Gasteiger partial charge on any atom is 0.256 e. The number of hydrogen-bond acceptors (Lipinski definition) is 4. The standard InChI is InChI=1S/C19H21N3O3/c23-18-13-21(9-10-22(18)14-7-8-14)19(24)16-5-1-2-6-17(16)20-12-15-4-3-11-25-15/h1-6,11,14,20H,7-10,12-13H2.